The summed E-state index contributed by atoms with van der Waals surface area (Å²) in [5.74, 6) is -0.108. The highest BCUT2D eigenvalue weighted by molar-refractivity contribution is 5.87. The number of amides is 1. The molecule has 4 atom stereocenters. The summed E-state index contributed by atoms with van der Waals surface area (Å²) in [5.41, 5.74) is 1.82. The molecule has 4 rings (SSSR count). The Balaban J connectivity index is 1.65. The van der Waals surface area contributed by atoms with Crippen LogP contribution in [0, 0.1) is 17.8 Å². The smallest absolute Gasteiger partial charge is 0.331 e. The molecule has 3 aliphatic rings. The van der Waals surface area contributed by atoms with E-state index in [0.717, 1.165) is 30.4 Å². The molecular formula is C18H19NO3. The summed E-state index contributed by atoms with van der Waals surface area (Å²) in [6, 6.07) is 6.75. The van der Waals surface area contributed by atoms with Crippen LogP contribution in [0.3, 0.4) is 0 Å². The third-order valence-electron chi connectivity index (χ3n) is 5.40. The Hall–Kier alpha value is -2.10. The molecule has 0 radical (unpaired) electrons. The summed E-state index contributed by atoms with van der Waals surface area (Å²) in [6.45, 7) is 0.504. The SMILES string of the molecule is O=C(O)C1c2ccccc2CCN1C(=O)C1CC2C=CC1C2. The maximum Gasteiger partial charge on any atom is 0.331 e. The Morgan fingerprint density at radius 3 is 2.64 bits per heavy atom. The van der Waals surface area contributed by atoms with E-state index >= 15 is 0 Å². The molecule has 1 amide bonds. The van der Waals surface area contributed by atoms with Gasteiger partial charge in [-0.15, -0.1) is 0 Å². The van der Waals surface area contributed by atoms with Crippen molar-refractivity contribution in [1.82, 2.24) is 4.90 Å². The first-order valence-corrected chi connectivity index (χ1v) is 7.94. The number of aliphatic carboxylic acids is 1. The fourth-order valence-corrected chi connectivity index (χ4v) is 4.35. The minimum absolute atomic E-state index is 0.0258. The quantitative estimate of drug-likeness (QED) is 0.853. The van der Waals surface area contributed by atoms with Crippen molar-refractivity contribution >= 4 is 11.9 Å². The van der Waals surface area contributed by atoms with Gasteiger partial charge < -0.3 is 10.0 Å². The maximum atomic E-state index is 12.9. The number of hydrogen-bond acceptors (Lipinski definition) is 2. The fraction of sp³-hybridized carbons (Fsp3) is 0.444. The van der Waals surface area contributed by atoms with Crippen LogP contribution in [-0.2, 0) is 16.0 Å². The van der Waals surface area contributed by atoms with Crippen LogP contribution in [0.2, 0.25) is 0 Å². The van der Waals surface area contributed by atoms with Crippen molar-refractivity contribution in [2.45, 2.75) is 25.3 Å². The summed E-state index contributed by atoms with van der Waals surface area (Å²) in [4.78, 5) is 26.3. The van der Waals surface area contributed by atoms with Gasteiger partial charge in [-0.2, -0.15) is 0 Å². The summed E-state index contributed by atoms with van der Waals surface area (Å²) < 4.78 is 0. The van der Waals surface area contributed by atoms with E-state index in [2.05, 4.69) is 12.2 Å². The Labute approximate surface area is 129 Å². The average molecular weight is 297 g/mol. The van der Waals surface area contributed by atoms with Gasteiger partial charge >= 0.3 is 5.97 Å². The van der Waals surface area contributed by atoms with Gasteiger partial charge in [0.15, 0.2) is 6.04 Å². The van der Waals surface area contributed by atoms with Crippen LogP contribution >= 0.6 is 0 Å². The molecule has 1 aromatic carbocycles. The molecule has 114 valence electrons. The number of carboxylic acid groups (broad SMARTS) is 1. The second-order valence-electron chi connectivity index (χ2n) is 6.61. The van der Waals surface area contributed by atoms with E-state index in [1.54, 1.807) is 4.90 Å². The number of nitrogens with zero attached hydrogens (tertiary/aromatic N) is 1. The van der Waals surface area contributed by atoms with Crippen molar-refractivity contribution in [3.05, 3.63) is 47.5 Å². The van der Waals surface area contributed by atoms with E-state index < -0.39 is 12.0 Å². The minimum Gasteiger partial charge on any atom is -0.479 e. The number of carbonyl (C=O) groups is 2. The average Bonchev–Trinajstić information content (AvgIpc) is 3.15. The van der Waals surface area contributed by atoms with E-state index in [-0.39, 0.29) is 11.8 Å². The van der Waals surface area contributed by atoms with E-state index in [9.17, 15) is 14.7 Å². The second-order valence-corrected chi connectivity index (χ2v) is 6.61. The molecule has 2 bridgehead atoms. The fourth-order valence-electron chi connectivity index (χ4n) is 4.35. The highest BCUT2D eigenvalue weighted by Gasteiger charge is 2.45. The van der Waals surface area contributed by atoms with Crippen molar-refractivity contribution in [2.75, 3.05) is 6.54 Å². The van der Waals surface area contributed by atoms with Gasteiger partial charge in [0.2, 0.25) is 5.91 Å². The molecule has 1 N–H and O–H groups in total. The van der Waals surface area contributed by atoms with E-state index in [0.29, 0.717) is 18.4 Å². The van der Waals surface area contributed by atoms with Crippen LogP contribution in [0.25, 0.3) is 0 Å². The van der Waals surface area contributed by atoms with Gasteiger partial charge in [0.25, 0.3) is 0 Å². The van der Waals surface area contributed by atoms with Gasteiger partial charge in [-0.05, 0) is 42.2 Å². The number of carbonyl (C=O) groups excluding carboxylic acids is 1. The summed E-state index contributed by atoms with van der Waals surface area (Å²) in [6.07, 6.45) is 7.02. The van der Waals surface area contributed by atoms with Gasteiger partial charge in [-0.1, -0.05) is 36.4 Å². The predicted molar refractivity (Wildman–Crippen MR) is 81.1 cm³/mol. The lowest BCUT2D eigenvalue weighted by Gasteiger charge is -2.37. The number of carboxylic acids is 1. The minimum atomic E-state index is -0.931. The number of allylic oxidation sites excluding steroid dienone is 2. The van der Waals surface area contributed by atoms with E-state index in [1.807, 2.05) is 24.3 Å². The van der Waals surface area contributed by atoms with Crippen molar-refractivity contribution < 1.29 is 14.7 Å². The Morgan fingerprint density at radius 1 is 1.14 bits per heavy atom. The molecule has 4 unspecified atom stereocenters. The zero-order valence-electron chi connectivity index (χ0n) is 12.3. The zero-order valence-corrected chi connectivity index (χ0v) is 12.3. The third kappa shape index (κ3) is 1.97. The van der Waals surface area contributed by atoms with Crippen LogP contribution in [0.4, 0.5) is 0 Å². The molecule has 1 heterocycles. The van der Waals surface area contributed by atoms with Crippen molar-refractivity contribution in [3.8, 4) is 0 Å². The largest absolute Gasteiger partial charge is 0.479 e. The highest BCUT2D eigenvalue weighted by Crippen LogP contribution is 2.45. The molecule has 1 aliphatic heterocycles. The molecule has 1 fully saturated rings. The first-order valence-electron chi connectivity index (χ1n) is 7.94. The van der Waals surface area contributed by atoms with Crippen LogP contribution in [0.5, 0.6) is 0 Å². The molecule has 4 heteroatoms. The van der Waals surface area contributed by atoms with E-state index in [4.69, 9.17) is 0 Å². The topological polar surface area (TPSA) is 57.6 Å². The Kier molecular flexibility index (Phi) is 3.06. The van der Waals surface area contributed by atoms with Crippen molar-refractivity contribution in [1.29, 1.82) is 0 Å². The molecule has 2 aliphatic carbocycles. The van der Waals surface area contributed by atoms with Crippen LogP contribution < -0.4 is 0 Å². The molecule has 0 aromatic heterocycles. The normalized spacial score (nSPS) is 32.1. The van der Waals surface area contributed by atoms with Gasteiger partial charge in [0.1, 0.15) is 0 Å². The van der Waals surface area contributed by atoms with E-state index in [1.165, 1.54) is 0 Å². The molecule has 0 spiro atoms. The summed E-state index contributed by atoms with van der Waals surface area (Å²) >= 11 is 0. The number of benzene rings is 1. The number of fused-ring (bicyclic) bond motifs is 3. The van der Waals surface area contributed by atoms with Gasteiger partial charge in [0.05, 0.1) is 0 Å². The molecule has 0 saturated heterocycles. The maximum absolute atomic E-state index is 12.9. The lowest BCUT2D eigenvalue weighted by Crippen LogP contribution is -2.46. The van der Waals surface area contributed by atoms with Crippen molar-refractivity contribution in [2.24, 2.45) is 17.8 Å². The lowest BCUT2D eigenvalue weighted by atomic mass is 9.88. The molecule has 1 aromatic rings. The molecule has 1 saturated carbocycles. The van der Waals surface area contributed by atoms with Crippen molar-refractivity contribution in [3.63, 3.8) is 0 Å². The first kappa shape index (κ1) is 13.6. The standard InChI is InChI=1S/C18H19NO3/c20-17(15-10-11-5-6-13(15)9-11)19-8-7-12-3-1-2-4-14(12)16(19)18(21)22/h1-6,11,13,15-16H,7-10H2,(H,21,22). The van der Waals surface area contributed by atoms with Crippen LogP contribution in [0.15, 0.2) is 36.4 Å². The Bertz CT molecular complexity index is 666. The van der Waals surface area contributed by atoms with Gasteiger partial charge in [-0.3, -0.25) is 4.79 Å². The second kappa shape index (κ2) is 4.97. The Morgan fingerprint density at radius 2 is 1.95 bits per heavy atom. The first-order chi connectivity index (χ1) is 10.6. The number of rotatable bonds is 2. The summed E-state index contributed by atoms with van der Waals surface area (Å²) in [7, 11) is 0. The van der Waals surface area contributed by atoms with Gasteiger partial charge in [-0.25, -0.2) is 4.79 Å². The summed E-state index contributed by atoms with van der Waals surface area (Å²) in [5, 5.41) is 9.67. The lowest BCUT2D eigenvalue weighted by molar-refractivity contribution is -0.153. The van der Waals surface area contributed by atoms with Crippen LogP contribution in [-0.4, -0.2) is 28.4 Å². The third-order valence-corrected chi connectivity index (χ3v) is 5.40. The van der Waals surface area contributed by atoms with Crippen LogP contribution in [0.1, 0.15) is 30.0 Å². The molecule has 22 heavy (non-hydrogen) atoms. The number of hydrogen-bond donors (Lipinski definition) is 1. The molecule has 4 nitrogen and oxygen atoms in total. The highest BCUT2D eigenvalue weighted by atomic mass is 16.4. The molecular weight excluding hydrogens is 278 g/mol. The monoisotopic (exact) mass is 297 g/mol. The predicted octanol–water partition coefficient (Wildman–Crippen LogP) is 2.41. The van der Waals surface area contributed by atoms with Gasteiger partial charge in [0, 0.05) is 12.5 Å². The zero-order chi connectivity index (χ0) is 15.3.